The molecule has 2 rings (SSSR count). The summed E-state index contributed by atoms with van der Waals surface area (Å²) in [5, 5.41) is 9.20. The predicted octanol–water partition coefficient (Wildman–Crippen LogP) is 0.687. The average molecular weight is 375 g/mol. The first-order valence-corrected chi connectivity index (χ1v) is 9.96. The van der Waals surface area contributed by atoms with Crippen molar-refractivity contribution in [2.75, 3.05) is 31.6 Å². The summed E-state index contributed by atoms with van der Waals surface area (Å²) in [6.45, 7) is 3.68. The number of nitrogens with zero attached hydrogens (tertiary/aromatic N) is 2. The summed E-state index contributed by atoms with van der Waals surface area (Å²) in [6, 6.07) is 1.26. The largest absolute Gasteiger partial charge is 0.480 e. The smallest absolute Gasteiger partial charge is 0.329 e. The molecule has 0 atom stereocenters. The van der Waals surface area contributed by atoms with Gasteiger partial charge >= 0.3 is 5.97 Å². The van der Waals surface area contributed by atoms with Gasteiger partial charge in [0.2, 0.25) is 10.0 Å². The second-order valence-electron chi connectivity index (χ2n) is 5.99. The molecule has 0 aromatic carbocycles. The van der Waals surface area contributed by atoms with E-state index in [0.717, 1.165) is 16.4 Å². The van der Waals surface area contributed by atoms with Crippen LogP contribution in [0.4, 0.5) is 0 Å². The zero-order valence-electron chi connectivity index (χ0n) is 13.8. The van der Waals surface area contributed by atoms with Gasteiger partial charge in [-0.3, -0.25) is 4.79 Å². The Hall–Kier alpha value is -1.52. The number of aliphatic carboxylic acids is 1. The molecule has 1 aromatic rings. The van der Waals surface area contributed by atoms with Gasteiger partial charge in [-0.25, -0.2) is 13.2 Å². The van der Waals surface area contributed by atoms with Crippen molar-refractivity contribution in [3.8, 4) is 0 Å². The molecular weight excluding hydrogens is 354 g/mol. The second kappa shape index (κ2) is 6.77. The number of likely N-dealkylation sites (N-methyl/N-ethyl adjacent to an activating group) is 1. The van der Waals surface area contributed by atoms with Crippen molar-refractivity contribution in [1.29, 1.82) is 0 Å². The fraction of sp³-hybridized carbons (Fsp3) is 0.571. The van der Waals surface area contributed by atoms with Crippen LogP contribution in [-0.2, 0) is 14.8 Å². The zero-order chi connectivity index (χ0) is 18.1. The summed E-state index contributed by atoms with van der Waals surface area (Å²) in [5.74, 6) is -0.253. The Bertz CT molecular complexity index is 735. The Labute approximate surface area is 145 Å². The molecular formula is C14H21N3O5S2. The van der Waals surface area contributed by atoms with Crippen LogP contribution in [0.15, 0.2) is 17.2 Å². The Morgan fingerprint density at radius 1 is 1.33 bits per heavy atom. The second-order valence-corrected chi connectivity index (χ2v) is 9.16. The zero-order valence-corrected chi connectivity index (χ0v) is 15.4. The van der Waals surface area contributed by atoms with Gasteiger partial charge in [0.15, 0.2) is 0 Å². The van der Waals surface area contributed by atoms with Crippen LogP contribution in [-0.4, -0.2) is 76.8 Å². The number of rotatable bonds is 5. The molecule has 0 saturated carbocycles. The third-order valence-electron chi connectivity index (χ3n) is 4.16. The Morgan fingerprint density at radius 3 is 2.46 bits per heavy atom. The summed E-state index contributed by atoms with van der Waals surface area (Å²) in [6.07, 6.45) is 1.27. The number of hydrogen-bond donors (Lipinski definition) is 2. The lowest BCUT2D eigenvalue weighted by molar-refractivity contribution is -0.147. The molecule has 24 heavy (non-hydrogen) atoms. The molecule has 1 amide bonds. The molecule has 1 saturated heterocycles. The molecule has 8 nitrogen and oxygen atoms in total. The van der Waals surface area contributed by atoms with Gasteiger partial charge in [-0.1, -0.05) is 0 Å². The molecule has 10 heteroatoms. The molecule has 0 bridgehead atoms. The molecule has 2 heterocycles. The number of carboxylic acids is 1. The van der Waals surface area contributed by atoms with Gasteiger partial charge in [0.25, 0.3) is 5.91 Å². The summed E-state index contributed by atoms with van der Waals surface area (Å²) >= 11 is 1.70. The van der Waals surface area contributed by atoms with Crippen LogP contribution in [0.2, 0.25) is 0 Å². The Morgan fingerprint density at radius 2 is 1.92 bits per heavy atom. The van der Waals surface area contributed by atoms with Crippen LogP contribution >= 0.6 is 11.8 Å². The quantitative estimate of drug-likeness (QED) is 0.783. The molecule has 134 valence electrons. The first kappa shape index (κ1) is 18.8. The minimum absolute atomic E-state index is 0.0132. The molecule has 0 radical (unpaired) electrons. The van der Waals surface area contributed by atoms with E-state index in [0.29, 0.717) is 13.1 Å². The monoisotopic (exact) mass is 375 g/mol. The van der Waals surface area contributed by atoms with Gasteiger partial charge in [-0.15, -0.1) is 0 Å². The fourth-order valence-corrected chi connectivity index (χ4v) is 4.73. The number of hydrogen-bond acceptors (Lipinski definition) is 5. The number of sulfonamides is 1. The van der Waals surface area contributed by atoms with Crippen LogP contribution in [0.3, 0.4) is 0 Å². The minimum atomic E-state index is -3.65. The lowest BCUT2D eigenvalue weighted by Gasteiger charge is -2.31. The van der Waals surface area contributed by atoms with E-state index >= 15 is 0 Å². The van der Waals surface area contributed by atoms with Gasteiger partial charge in [0.1, 0.15) is 16.1 Å². The van der Waals surface area contributed by atoms with Crippen LogP contribution in [0.5, 0.6) is 0 Å². The van der Waals surface area contributed by atoms with E-state index in [2.05, 4.69) is 4.98 Å². The molecule has 0 unspecified atom stereocenters. The highest BCUT2D eigenvalue weighted by Crippen LogP contribution is 2.22. The third kappa shape index (κ3) is 3.45. The lowest BCUT2D eigenvalue weighted by atomic mass is 10.0. The van der Waals surface area contributed by atoms with E-state index in [-0.39, 0.29) is 10.6 Å². The number of amides is 1. The van der Waals surface area contributed by atoms with E-state index in [1.165, 1.54) is 37.5 Å². The third-order valence-corrected chi connectivity index (χ3v) is 6.98. The standard InChI is InChI=1S/C14H21N3O5S2/c1-14(2,13(19)20)16(3)12(18)11-8-10(9-15-11)24(21,22)17-4-6-23-7-5-17/h8-9,15H,4-7H2,1-3H3,(H,19,20). The number of nitrogens with one attached hydrogen (secondary N) is 1. The van der Waals surface area contributed by atoms with E-state index in [9.17, 15) is 23.1 Å². The first-order chi connectivity index (χ1) is 11.1. The van der Waals surface area contributed by atoms with Crippen LogP contribution in [0, 0.1) is 0 Å². The van der Waals surface area contributed by atoms with Gasteiger partial charge in [0, 0.05) is 37.8 Å². The number of aromatic nitrogens is 1. The number of H-pyrrole nitrogens is 1. The summed E-state index contributed by atoms with van der Waals surface area (Å²) < 4.78 is 26.5. The highest BCUT2D eigenvalue weighted by molar-refractivity contribution is 7.99. The summed E-state index contributed by atoms with van der Waals surface area (Å²) in [5.41, 5.74) is -1.37. The van der Waals surface area contributed by atoms with Crippen molar-refractivity contribution in [3.63, 3.8) is 0 Å². The maximum Gasteiger partial charge on any atom is 0.329 e. The number of thioether (sulfide) groups is 1. The van der Waals surface area contributed by atoms with E-state index in [4.69, 9.17) is 0 Å². The number of carbonyl (C=O) groups excluding carboxylic acids is 1. The normalized spacial score (nSPS) is 16.8. The number of aromatic amines is 1. The van der Waals surface area contributed by atoms with Crippen molar-refractivity contribution < 1.29 is 23.1 Å². The molecule has 2 N–H and O–H groups in total. The van der Waals surface area contributed by atoms with Crippen LogP contribution in [0.1, 0.15) is 24.3 Å². The fourth-order valence-electron chi connectivity index (χ4n) is 2.16. The van der Waals surface area contributed by atoms with Crippen LogP contribution < -0.4 is 0 Å². The van der Waals surface area contributed by atoms with E-state index in [1.807, 2.05) is 0 Å². The first-order valence-electron chi connectivity index (χ1n) is 7.36. The van der Waals surface area contributed by atoms with E-state index < -0.39 is 27.4 Å². The minimum Gasteiger partial charge on any atom is -0.480 e. The lowest BCUT2D eigenvalue weighted by Crippen LogP contribution is -2.50. The molecule has 1 aliphatic heterocycles. The number of carbonyl (C=O) groups is 2. The van der Waals surface area contributed by atoms with Gasteiger partial charge in [-0.05, 0) is 19.9 Å². The van der Waals surface area contributed by atoms with Crippen molar-refractivity contribution in [3.05, 3.63) is 18.0 Å². The highest BCUT2D eigenvalue weighted by Gasteiger charge is 2.36. The number of carboxylic acid groups (broad SMARTS) is 1. The van der Waals surface area contributed by atoms with Crippen molar-refractivity contribution in [2.24, 2.45) is 0 Å². The Balaban J connectivity index is 2.24. The molecule has 0 spiro atoms. The van der Waals surface area contributed by atoms with Gasteiger partial charge in [-0.2, -0.15) is 16.1 Å². The molecule has 1 fully saturated rings. The average Bonchev–Trinajstić information content (AvgIpc) is 3.04. The molecule has 0 aliphatic carbocycles. The topological polar surface area (TPSA) is 111 Å². The van der Waals surface area contributed by atoms with Crippen molar-refractivity contribution in [1.82, 2.24) is 14.2 Å². The van der Waals surface area contributed by atoms with E-state index in [1.54, 1.807) is 11.8 Å². The van der Waals surface area contributed by atoms with Crippen molar-refractivity contribution >= 4 is 33.7 Å². The predicted molar refractivity (Wildman–Crippen MR) is 90.7 cm³/mol. The molecule has 1 aromatic heterocycles. The summed E-state index contributed by atoms with van der Waals surface area (Å²) in [7, 11) is -2.28. The van der Waals surface area contributed by atoms with Crippen LogP contribution in [0.25, 0.3) is 0 Å². The molecule has 1 aliphatic rings. The van der Waals surface area contributed by atoms with Gasteiger partial charge in [0.05, 0.1) is 0 Å². The maximum absolute atomic E-state index is 12.6. The summed E-state index contributed by atoms with van der Waals surface area (Å²) in [4.78, 5) is 27.4. The maximum atomic E-state index is 12.6. The SMILES string of the molecule is CN(C(=O)c1cc(S(=O)(=O)N2CCSCC2)c[nH]1)C(C)(C)C(=O)O. The van der Waals surface area contributed by atoms with Crippen molar-refractivity contribution in [2.45, 2.75) is 24.3 Å². The Kier molecular flexibility index (Phi) is 5.31. The highest BCUT2D eigenvalue weighted by atomic mass is 32.2. The van der Waals surface area contributed by atoms with Gasteiger partial charge < -0.3 is 15.0 Å².